The monoisotopic (exact) mass is 267 g/mol. The van der Waals surface area contributed by atoms with E-state index in [2.05, 4.69) is 9.97 Å². The van der Waals surface area contributed by atoms with E-state index in [1.54, 1.807) is 0 Å². The summed E-state index contributed by atoms with van der Waals surface area (Å²) < 4.78 is 36.9. The molecule has 0 aliphatic rings. The number of aldehydes is 1. The molecule has 0 saturated heterocycles. The zero-order valence-electron chi connectivity index (χ0n) is 8.83. The number of nitrogens with zero attached hydrogens (tertiary/aromatic N) is 3. The van der Waals surface area contributed by atoms with Crippen LogP contribution in [0.15, 0.2) is 6.33 Å². The lowest BCUT2D eigenvalue weighted by Gasteiger charge is -2.24. The Morgan fingerprint density at radius 2 is 2.12 bits per heavy atom. The van der Waals surface area contributed by atoms with Gasteiger partial charge in [0.1, 0.15) is 23.8 Å². The number of halogens is 4. The summed E-state index contributed by atoms with van der Waals surface area (Å²) in [5.74, 6) is -0.111. The Balaban J connectivity index is 3.12. The van der Waals surface area contributed by atoms with Crippen LogP contribution in [0.1, 0.15) is 17.3 Å². The fourth-order valence-electron chi connectivity index (χ4n) is 1.27. The van der Waals surface area contributed by atoms with Crippen LogP contribution in [-0.4, -0.2) is 35.5 Å². The van der Waals surface area contributed by atoms with E-state index in [9.17, 15) is 18.0 Å². The molecule has 0 spiro atoms. The van der Waals surface area contributed by atoms with Crippen LogP contribution >= 0.6 is 11.6 Å². The standard InChI is InChI=1S/C9H9ClF3N3O/c1-2-16(4-9(11,12)13)8-6(3-17)7(10)14-5-15-8/h3,5H,2,4H2,1H3. The van der Waals surface area contributed by atoms with Crippen molar-refractivity contribution < 1.29 is 18.0 Å². The van der Waals surface area contributed by atoms with Crippen LogP contribution in [-0.2, 0) is 0 Å². The second-order valence-corrected chi connectivity index (χ2v) is 3.51. The predicted molar refractivity (Wildman–Crippen MR) is 56.4 cm³/mol. The number of aromatic nitrogens is 2. The molecule has 0 bridgehead atoms. The molecule has 94 valence electrons. The molecule has 0 saturated carbocycles. The maximum atomic E-state index is 12.3. The van der Waals surface area contributed by atoms with Crippen molar-refractivity contribution in [3.63, 3.8) is 0 Å². The third-order valence-corrected chi connectivity index (χ3v) is 2.28. The number of carbonyl (C=O) groups excluding carboxylic acids is 1. The van der Waals surface area contributed by atoms with E-state index in [-0.39, 0.29) is 23.1 Å². The number of hydrogen-bond acceptors (Lipinski definition) is 4. The van der Waals surface area contributed by atoms with Crippen LogP contribution in [0.4, 0.5) is 19.0 Å². The van der Waals surface area contributed by atoms with Gasteiger partial charge in [-0.1, -0.05) is 11.6 Å². The van der Waals surface area contributed by atoms with Gasteiger partial charge in [-0.15, -0.1) is 0 Å². The number of rotatable bonds is 4. The molecule has 0 unspecified atom stereocenters. The Kier molecular flexibility index (Phi) is 4.28. The third-order valence-electron chi connectivity index (χ3n) is 1.98. The van der Waals surface area contributed by atoms with Crippen molar-refractivity contribution in [2.75, 3.05) is 18.0 Å². The Bertz CT molecular complexity index is 411. The van der Waals surface area contributed by atoms with Gasteiger partial charge in [-0.3, -0.25) is 4.79 Å². The van der Waals surface area contributed by atoms with Gasteiger partial charge in [0.2, 0.25) is 0 Å². The van der Waals surface area contributed by atoms with Gasteiger partial charge in [0.25, 0.3) is 0 Å². The van der Waals surface area contributed by atoms with E-state index in [1.807, 2.05) is 0 Å². The third kappa shape index (κ3) is 3.55. The molecule has 8 heteroatoms. The topological polar surface area (TPSA) is 46.1 Å². The second kappa shape index (κ2) is 5.31. The van der Waals surface area contributed by atoms with Gasteiger partial charge in [-0.05, 0) is 6.92 Å². The normalized spacial score (nSPS) is 11.4. The number of carbonyl (C=O) groups is 1. The van der Waals surface area contributed by atoms with Crippen LogP contribution in [0.2, 0.25) is 5.15 Å². The van der Waals surface area contributed by atoms with Crippen molar-refractivity contribution in [3.8, 4) is 0 Å². The largest absolute Gasteiger partial charge is 0.405 e. The van der Waals surface area contributed by atoms with Gasteiger partial charge in [-0.2, -0.15) is 13.2 Å². The fraction of sp³-hybridized carbons (Fsp3) is 0.444. The van der Waals surface area contributed by atoms with Crippen LogP contribution in [0.3, 0.4) is 0 Å². The molecule has 0 aromatic carbocycles. The molecule has 0 aliphatic heterocycles. The molecule has 17 heavy (non-hydrogen) atoms. The van der Waals surface area contributed by atoms with E-state index in [0.29, 0.717) is 6.29 Å². The zero-order valence-corrected chi connectivity index (χ0v) is 9.59. The van der Waals surface area contributed by atoms with E-state index in [1.165, 1.54) is 6.92 Å². The van der Waals surface area contributed by atoms with E-state index < -0.39 is 12.7 Å². The molecule has 0 amide bonds. The molecule has 0 fully saturated rings. The van der Waals surface area contributed by atoms with E-state index >= 15 is 0 Å². The van der Waals surface area contributed by atoms with Crippen molar-refractivity contribution in [3.05, 3.63) is 17.0 Å². The maximum absolute atomic E-state index is 12.3. The lowest BCUT2D eigenvalue weighted by molar-refractivity contribution is -0.119. The summed E-state index contributed by atoms with van der Waals surface area (Å²) >= 11 is 5.61. The lowest BCUT2D eigenvalue weighted by Crippen LogP contribution is -2.35. The van der Waals surface area contributed by atoms with Crippen LogP contribution in [0.25, 0.3) is 0 Å². The minimum absolute atomic E-state index is 0.0493. The van der Waals surface area contributed by atoms with E-state index in [0.717, 1.165) is 11.2 Å². The molecule has 0 aliphatic carbocycles. The smallest absolute Gasteiger partial charge is 0.347 e. The van der Waals surface area contributed by atoms with E-state index in [4.69, 9.17) is 11.6 Å². The Morgan fingerprint density at radius 3 is 2.59 bits per heavy atom. The van der Waals surface area contributed by atoms with Crippen LogP contribution < -0.4 is 4.90 Å². The van der Waals surface area contributed by atoms with Gasteiger partial charge >= 0.3 is 6.18 Å². The average molecular weight is 268 g/mol. The van der Waals surface area contributed by atoms with Gasteiger partial charge < -0.3 is 4.90 Å². The SMILES string of the molecule is CCN(CC(F)(F)F)c1ncnc(Cl)c1C=O. The number of alkyl halides is 3. The lowest BCUT2D eigenvalue weighted by atomic mass is 10.3. The molecule has 0 radical (unpaired) electrons. The number of anilines is 1. The average Bonchev–Trinajstić information content (AvgIpc) is 2.24. The molecule has 0 N–H and O–H groups in total. The summed E-state index contributed by atoms with van der Waals surface area (Å²) in [6.45, 7) is 0.377. The first kappa shape index (κ1) is 13.7. The van der Waals surface area contributed by atoms with Crippen molar-refractivity contribution >= 4 is 23.7 Å². The molecule has 1 rings (SSSR count). The summed E-state index contributed by atoms with van der Waals surface area (Å²) in [5, 5.41) is -0.161. The summed E-state index contributed by atoms with van der Waals surface area (Å²) in [5.41, 5.74) is -0.139. The summed E-state index contributed by atoms with van der Waals surface area (Å²) in [6.07, 6.45) is -3.02. The molecule has 4 nitrogen and oxygen atoms in total. The first-order valence-electron chi connectivity index (χ1n) is 4.66. The van der Waals surface area contributed by atoms with Crippen molar-refractivity contribution in [2.45, 2.75) is 13.1 Å². The first-order valence-corrected chi connectivity index (χ1v) is 5.04. The summed E-state index contributed by atoms with van der Waals surface area (Å²) in [6, 6.07) is 0. The van der Waals surface area contributed by atoms with Gasteiger partial charge in [0.15, 0.2) is 6.29 Å². The summed E-state index contributed by atoms with van der Waals surface area (Å²) in [4.78, 5) is 18.9. The van der Waals surface area contributed by atoms with Crippen LogP contribution in [0, 0.1) is 0 Å². The molecule has 0 atom stereocenters. The quantitative estimate of drug-likeness (QED) is 0.620. The highest BCUT2D eigenvalue weighted by molar-refractivity contribution is 6.32. The first-order chi connectivity index (χ1) is 7.89. The highest BCUT2D eigenvalue weighted by Gasteiger charge is 2.31. The van der Waals surface area contributed by atoms with Crippen molar-refractivity contribution in [2.24, 2.45) is 0 Å². The molecular formula is C9H9ClF3N3O. The molecule has 1 aromatic heterocycles. The second-order valence-electron chi connectivity index (χ2n) is 3.15. The minimum Gasteiger partial charge on any atom is -0.347 e. The summed E-state index contributed by atoms with van der Waals surface area (Å²) in [7, 11) is 0. The fourth-order valence-corrected chi connectivity index (χ4v) is 1.44. The Hall–Kier alpha value is -1.37. The minimum atomic E-state index is -4.38. The van der Waals surface area contributed by atoms with Crippen molar-refractivity contribution in [1.82, 2.24) is 9.97 Å². The highest BCUT2D eigenvalue weighted by atomic mass is 35.5. The highest BCUT2D eigenvalue weighted by Crippen LogP contribution is 2.25. The predicted octanol–water partition coefficient (Wildman–Crippen LogP) is 2.33. The Labute approximate surface area is 100 Å². The van der Waals surface area contributed by atoms with Gasteiger partial charge in [0.05, 0.1) is 5.56 Å². The van der Waals surface area contributed by atoms with Crippen LogP contribution in [0.5, 0.6) is 0 Å². The Morgan fingerprint density at radius 1 is 1.47 bits per heavy atom. The zero-order chi connectivity index (χ0) is 13.1. The van der Waals surface area contributed by atoms with Crippen molar-refractivity contribution in [1.29, 1.82) is 0 Å². The van der Waals surface area contributed by atoms with Gasteiger partial charge in [0, 0.05) is 6.54 Å². The maximum Gasteiger partial charge on any atom is 0.405 e. The molecular weight excluding hydrogens is 259 g/mol. The number of hydrogen-bond donors (Lipinski definition) is 0. The molecule has 1 heterocycles. The molecule has 1 aromatic rings. The van der Waals surface area contributed by atoms with Gasteiger partial charge in [-0.25, -0.2) is 9.97 Å².